The van der Waals surface area contributed by atoms with Crippen LogP contribution >= 0.6 is 0 Å². The first-order chi connectivity index (χ1) is 8.29. The van der Waals surface area contributed by atoms with Crippen LogP contribution in [-0.4, -0.2) is 35.8 Å². The lowest BCUT2D eigenvalue weighted by Crippen LogP contribution is -2.31. The minimum Gasteiger partial charge on any atom is -0.480 e. The van der Waals surface area contributed by atoms with Crippen LogP contribution in [0.3, 0.4) is 0 Å². The second kappa shape index (κ2) is 5.83. The molecule has 0 aliphatic carbocycles. The molecule has 0 saturated heterocycles. The van der Waals surface area contributed by atoms with E-state index in [0.29, 0.717) is 5.69 Å². The number of para-hydroxylation sites is 1. The summed E-state index contributed by atoms with van der Waals surface area (Å²) in [7, 11) is -4.16. The molecule has 7 heteroatoms. The normalized spacial score (nSPS) is 13.0. The fourth-order valence-electron chi connectivity index (χ4n) is 1.45. The average Bonchev–Trinajstić information content (AvgIpc) is 2.24. The number of benzene rings is 1. The van der Waals surface area contributed by atoms with E-state index in [1.54, 1.807) is 12.1 Å². The third kappa shape index (κ3) is 4.72. The number of aryl methyl sites for hydroxylation is 1. The molecular weight excluding hydrogens is 258 g/mol. The Morgan fingerprint density at radius 3 is 2.50 bits per heavy atom. The van der Waals surface area contributed by atoms with Gasteiger partial charge >= 0.3 is 5.97 Å². The minimum absolute atomic E-state index is 0.206. The molecule has 0 aliphatic heterocycles. The van der Waals surface area contributed by atoms with Crippen molar-refractivity contribution in [2.45, 2.75) is 19.4 Å². The molecule has 0 fully saturated rings. The number of anilines is 1. The lowest BCUT2D eigenvalue weighted by atomic mass is 10.1. The fraction of sp³-hybridized carbons (Fsp3) is 0.364. The molecule has 0 heterocycles. The zero-order valence-electron chi connectivity index (χ0n) is 9.83. The molecule has 0 radical (unpaired) electrons. The molecule has 0 amide bonds. The van der Waals surface area contributed by atoms with E-state index in [2.05, 4.69) is 5.32 Å². The summed E-state index contributed by atoms with van der Waals surface area (Å²) in [5.74, 6) is -1.76. The van der Waals surface area contributed by atoms with Crippen molar-refractivity contribution in [1.82, 2.24) is 0 Å². The van der Waals surface area contributed by atoms with Crippen LogP contribution in [0.2, 0.25) is 0 Å². The molecule has 1 aromatic carbocycles. The number of aliphatic carboxylic acids is 1. The van der Waals surface area contributed by atoms with Crippen molar-refractivity contribution in [2.75, 3.05) is 11.1 Å². The molecule has 18 heavy (non-hydrogen) atoms. The Labute approximate surface area is 105 Å². The van der Waals surface area contributed by atoms with Crippen molar-refractivity contribution in [2.24, 2.45) is 0 Å². The van der Waals surface area contributed by atoms with E-state index in [0.717, 1.165) is 5.56 Å². The average molecular weight is 273 g/mol. The van der Waals surface area contributed by atoms with Gasteiger partial charge in [-0.3, -0.25) is 4.55 Å². The predicted molar refractivity (Wildman–Crippen MR) is 67.3 cm³/mol. The number of hydrogen-bond acceptors (Lipinski definition) is 4. The highest BCUT2D eigenvalue weighted by atomic mass is 32.2. The Morgan fingerprint density at radius 2 is 2.00 bits per heavy atom. The molecule has 0 aliphatic rings. The summed E-state index contributed by atoms with van der Waals surface area (Å²) >= 11 is 0. The van der Waals surface area contributed by atoms with Gasteiger partial charge in [0.2, 0.25) is 0 Å². The van der Waals surface area contributed by atoms with Crippen LogP contribution in [0.1, 0.15) is 12.0 Å². The van der Waals surface area contributed by atoms with Gasteiger partial charge in [-0.15, -0.1) is 0 Å². The Kier molecular flexibility index (Phi) is 4.69. The van der Waals surface area contributed by atoms with Gasteiger partial charge in [0.15, 0.2) is 0 Å². The smallest absolute Gasteiger partial charge is 0.326 e. The number of carboxylic acid groups (broad SMARTS) is 1. The van der Waals surface area contributed by atoms with Crippen molar-refractivity contribution in [3.05, 3.63) is 29.8 Å². The summed E-state index contributed by atoms with van der Waals surface area (Å²) in [4.78, 5) is 11.0. The number of hydrogen-bond donors (Lipinski definition) is 3. The van der Waals surface area contributed by atoms with Gasteiger partial charge in [0.05, 0.1) is 5.75 Å². The van der Waals surface area contributed by atoms with Crippen molar-refractivity contribution in [1.29, 1.82) is 0 Å². The molecule has 0 saturated carbocycles. The van der Waals surface area contributed by atoms with E-state index in [4.69, 9.17) is 9.66 Å². The Hall–Kier alpha value is -1.60. The van der Waals surface area contributed by atoms with E-state index >= 15 is 0 Å². The highest BCUT2D eigenvalue weighted by Gasteiger charge is 2.20. The number of rotatable bonds is 6. The van der Waals surface area contributed by atoms with E-state index in [1.807, 2.05) is 19.1 Å². The van der Waals surface area contributed by atoms with Crippen molar-refractivity contribution in [3.8, 4) is 0 Å². The molecule has 0 unspecified atom stereocenters. The quantitative estimate of drug-likeness (QED) is 0.671. The highest BCUT2D eigenvalue weighted by molar-refractivity contribution is 7.85. The SMILES string of the molecule is Cc1ccccc1N[C@@H](CCS(=O)(=O)O)C(=O)O. The zero-order valence-corrected chi connectivity index (χ0v) is 10.6. The second-order valence-corrected chi connectivity index (χ2v) is 5.50. The fourth-order valence-corrected chi connectivity index (χ4v) is 1.98. The number of nitrogens with one attached hydrogen (secondary N) is 1. The first-order valence-corrected chi connectivity index (χ1v) is 6.90. The summed E-state index contributed by atoms with van der Waals surface area (Å²) in [6, 6.07) is 6.02. The molecule has 0 aromatic heterocycles. The molecule has 0 spiro atoms. The van der Waals surface area contributed by atoms with Gasteiger partial charge in [-0.05, 0) is 25.0 Å². The van der Waals surface area contributed by atoms with Crippen LogP contribution in [0.15, 0.2) is 24.3 Å². The molecule has 1 rings (SSSR count). The van der Waals surface area contributed by atoms with Crippen LogP contribution < -0.4 is 5.32 Å². The molecule has 100 valence electrons. The standard InChI is InChI=1S/C11H15NO5S/c1-8-4-2-3-5-9(8)12-10(11(13)14)6-7-18(15,16)17/h2-5,10,12H,6-7H2,1H3,(H,13,14)(H,15,16,17)/t10-/m0/s1. The maximum Gasteiger partial charge on any atom is 0.326 e. The minimum atomic E-state index is -4.16. The molecule has 1 atom stereocenters. The van der Waals surface area contributed by atoms with Crippen LogP contribution in [-0.2, 0) is 14.9 Å². The van der Waals surface area contributed by atoms with E-state index in [9.17, 15) is 13.2 Å². The monoisotopic (exact) mass is 273 g/mol. The van der Waals surface area contributed by atoms with Crippen molar-refractivity contribution >= 4 is 21.8 Å². The number of carbonyl (C=O) groups is 1. The van der Waals surface area contributed by atoms with Crippen LogP contribution in [0.4, 0.5) is 5.69 Å². The molecule has 6 nitrogen and oxygen atoms in total. The lowest BCUT2D eigenvalue weighted by molar-refractivity contribution is -0.137. The molecule has 0 bridgehead atoms. The van der Waals surface area contributed by atoms with Gasteiger partial charge in [-0.2, -0.15) is 8.42 Å². The van der Waals surface area contributed by atoms with Gasteiger partial charge in [-0.1, -0.05) is 18.2 Å². The summed E-state index contributed by atoms with van der Waals surface area (Å²) in [6.07, 6.45) is -0.206. The first-order valence-electron chi connectivity index (χ1n) is 5.30. The Balaban J connectivity index is 2.76. The van der Waals surface area contributed by atoms with Gasteiger partial charge < -0.3 is 10.4 Å². The van der Waals surface area contributed by atoms with E-state index in [-0.39, 0.29) is 6.42 Å². The Morgan fingerprint density at radius 1 is 1.39 bits per heavy atom. The van der Waals surface area contributed by atoms with Crippen LogP contribution in [0.25, 0.3) is 0 Å². The summed E-state index contributed by atoms with van der Waals surface area (Å²) in [5.41, 5.74) is 1.48. The summed E-state index contributed by atoms with van der Waals surface area (Å²) in [5, 5.41) is 11.7. The van der Waals surface area contributed by atoms with Gasteiger partial charge in [0, 0.05) is 5.69 Å². The molecule has 3 N–H and O–H groups in total. The maximum atomic E-state index is 11.0. The Bertz CT molecular complexity index is 526. The number of carboxylic acids is 1. The lowest BCUT2D eigenvalue weighted by Gasteiger charge is -2.16. The maximum absolute atomic E-state index is 11.0. The summed E-state index contributed by atoms with van der Waals surface area (Å²) < 4.78 is 29.8. The predicted octanol–water partition coefficient (Wildman–Crippen LogP) is 1.14. The van der Waals surface area contributed by atoms with E-state index in [1.165, 1.54) is 0 Å². The second-order valence-electron chi connectivity index (χ2n) is 3.92. The van der Waals surface area contributed by atoms with Crippen LogP contribution in [0.5, 0.6) is 0 Å². The van der Waals surface area contributed by atoms with E-state index < -0.39 is 27.9 Å². The van der Waals surface area contributed by atoms with Crippen LogP contribution in [0, 0.1) is 6.92 Å². The third-order valence-electron chi connectivity index (χ3n) is 2.44. The van der Waals surface area contributed by atoms with Crippen molar-refractivity contribution in [3.63, 3.8) is 0 Å². The largest absolute Gasteiger partial charge is 0.480 e. The molecular formula is C11H15NO5S. The van der Waals surface area contributed by atoms with Gasteiger partial charge in [0.25, 0.3) is 10.1 Å². The van der Waals surface area contributed by atoms with Gasteiger partial charge in [-0.25, -0.2) is 4.79 Å². The first kappa shape index (κ1) is 14.5. The van der Waals surface area contributed by atoms with Crippen molar-refractivity contribution < 1.29 is 22.9 Å². The topological polar surface area (TPSA) is 104 Å². The zero-order chi connectivity index (χ0) is 13.8. The molecule has 1 aromatic rings. The van der Waals surface area contributed by atoms with Gasteiger partial charge in [0.1, 0.15) is 6.04 Å². The third-order valence-corrected chi connectivity index (χ3v) is 3.19. The highest BCUT2D eigenvalue weighted by Crippen LogP contribution is 2.15. The summed E-state index contributed by atoms with van der Waals surface area (Å²) in [6.45, 7) is 1.81.